The number of nitrogens with one attached hydrogen (secondary N) is 1. The molecular formula is C18H18N2O3S2. The highest BCUT2D eigenvalue weighted by Crippen LogP contribution is 2.28. The second-order valence-electron chi connectivity index (χ2n) is 6.06. The second kappa shape index (κ2) is 6.57. The zero-order valence-electron chi connectivity index (χ0n) is 14.2. The van der Waals surface area contributed by atoms with Gasteiger partial charge in [-0.15, -0.1) is 0 Å². The number of benzene rings is 2. The van der Waals surface area contributed by atoms with Crippen molar-refractivity contribution < 1.29 is 13.2 Å². The lowest BCUT2D eigenvalue weighted by molar-refractivity contribution is -0.115. The standard InChI is InChI=1S/C18H18N2O3S2/c1-11-8-15-16(9-12(11)2)24-18(19-15)20-17(21)10-13-4-6-14(7-5-13)25(3,22)23/h4-9H,10H2,1-3H3,(H,19,20,21). The summed E-state index contributed by atoms with van der Waals surface area (Å²) in [7, 11) is -3.23. The van der Waals surface area contributed by atoms with Gasteiger partial charge in [-0.3, -0.25) is 4.79 Å². The lowest BCUT2D eigenvalue weighted by Gasteiger charge is -2.03. The van der Waals surface area contributed by atoms with Gasteiger partial charge in [-0.05, 0) is 54.8 Å². The van der Waals surface area contributed by atoms with Crippen molar-refractivity contribution in [1.29, 1.82) is 0 Å². The van der Waals surface area contributed by atoms with E-state index >= 15 is 0 Å². The molecule has 0 aliphatic heterocycles. The Morgan fingerprint density at radius 2 is 1.76 bits per heavy atom. The van der Waals surface area contributed by atoms with Crippen molar-refractivity contribution in [2.75, 3.05) is 11.6 Å². The Hall–Kier alpha value is -2.25. The predicted molar refractivity (Wildman–Crippen MR) is 101 cm³/mol. The van der Waals surface area contributed by atoms with Crippen LogP contribution in [0, 0.1) is 13.8 Å². The van der Waals surface area contributed by atoms with Gasteiger partial charge in [-0.2, -0.15) is 0 Å². The monoisotopic (exact) mass is 374 g/mol. The third kappa shape index (κ3) is 4.05. The molecule has 25 heavy (non-hydrogen) atoms. The highest BCUT2D eigenvalue weighted by atomic mass is 32.2. The number of anilines is 1. The molecule has 0 aliphatic rings. The molecule has 0 unspecified atom stereocenters. The summed E-state index contributed by atoms with van der Waals surface area (Å²) in [6, 6.07) is 10.4. The molecule has 3 rings (SSSR count). The molecule has 0 aliphatic carbocycles. The molecule has 1 N–H and O–H groups in total. The molecule has 0 saturated carbocycles. The van der Waals surface area contributed by atoms with Crippen LogP contribution in [0.15, 0.2) is 41.3 Å². The quantitative estimate of drug-likeness (QED) is 0.758. The Balaban J connectivity index is 1.72. The van der Waals surface area contributed by atoms with E-state index in [-0.39, 0.29) is 17.2 Å². The number of sulfone groups is 1. The molecule has 5 nitrogen and oxygen atoms in total. The van der Waals surface area contributed by atoms with E-state index < -0.39 is 9.84 Å². The first-order chi connectivity index (χ1) is 11.7. The first kappa shape index (κ1) is 17.6. The highest BCUT2D eigenvalue weighted by Gasteiger charge is 2.11. The molecule has 0 saturated heterocycles. The molecule has 2 aromatic carbocycles. The summed E-state index contributed by atoms with van der Waals surface area (Å²) in [6.07, 6.45) is 1.32. The highest BCUT2D eigenvalue weighted by molar-refractivity contribution is 7.90. The number of amides is 1. The molecule has 0 atom stereocenters. The van der Waals surface area contributed by atoms with Gasteiger partial charge >= 0.3 is 0 Å². The van der Waals surface area contributed by atoms with Crippen molar-refractivity contribution in [3.8, 4) is 0 Å². The summed E-state index contributed by atoms with van der Waals surface area (Å²) in [6.45, 7) is 4.08. The lowest BCUT2D eigenvalue weighted by atomic mass is 10.1. The van der Waals surface area contributed by atoms with Crippen LogP contribution in [-0.2, 0) is 21.1 Å². The molecule has 0 fully saturated rings. The molecule has 1 heterocycles. The number of rotatable bonds is 4. The smallest absolute Gasteiger partial charge is 0.230 e. The molecule has 1 amide bonds. The number of hydrogen-bond donors (Lipinski definition) is 1. The maximum Gasteiger partial charge on any atom is 0.230 e. The number of nitrogens with zero attached hydrogens (tertiary/aromatic N) is 1. The van der Waals surface area contributed by atoms with Crippen LogP contribution in [0.5, 0.6) is 0 Å². The number of aromatic nitrogens is 1. The third-order valence-electron chi connectivity index (χ3n) is 3.97. The van der Waals surface area contributed by atoms with Crippen LogP contribution in [-0.4, -0.2) is 25.6 Å². The van der Waals surface area contributed by atoms with Gasteiger partial charge < -0.3 is 5.32 Å². The Morgan fingerprint density at radius 3 is 2.40 bits per heavy atom. The van der Waals surface area contributed by atoms with Gasteiger partial charge in [0.2, 0.25) is 5.91 Å². The minimum absolute atomic E-state index is 0.165. The number of fused-ring (bicyclic) bond motifs is 1. The van der Waals surface area contributed by atoms with Crippen LogP contribution in [0.1, 0.15) is 16.7 Å². The summed E-state index contributed by atoms with van der Waals surface area (Å²) in [5.41, 5.74) is 3.99. The number of carbonyl (C=O) groups excluding carboxylic acids is 1. The van der Waals surface area contributed by atoms with Crippen molar-refractivity contribution in [3.63, 3.8) is 0 Å². The van der Waals surface area contributed by atoms with Gasteiger partial charge in [0.15, 0.2) is 15.0 Å². The van der Waals surface area contributed by atoms with E-state index in [0.717, 1.165) is 22.0 Å². The fraction of sp³-hybridized carbons (Fsp3) is 0.222. The molecule has 0 radical (unpaired) electrons. The van der Waals surface area contributed by atoms with Crippen molar-refractivity contribution in [3.05, 3.63) is 53.1 Å². The topological polar surface area (TPSA) is 76.1 Å². The summed E-state index contributed by atoms with van der Waals surface area (Å²) < 4.78 is 23.9. The van der Waals surface area contributed by atoms with Crippen LogP contribution < -0.4 is 5.32 Å². The summed E-state index contributed by atoms with van der Waals surface area (Å²) in [5.74, 6) is -0.181. The number of thiazole rings is 1. The van der Waals surface area contributed by atoms with Gasteiger partial charge in [-0.25, -0.2) is 13.4 Å². The zero-order chi connectivity index (χ0) is 18.2. The fourth-order valence-corrected chi connectivity index (χ4v) is 4.03. The van der Waals surface area contributed by atoms with E-state index in [1.165, 1.54) is 34.6 Å². The maximum atomic E-state index is 12.2. The molecule has 7 heteroatoms. The molecule has 130 valence electrons. The van der Waals surface area contributed by atoms with E-state index in [1.807, 2.05) is 19.9 Å². The fourth-order valence-electron chi connectivity index (χ4n) is 2.44. The van der Waals surface area contributed by atoms with Gasteiger partial charge in [0.25, 0.3) is 0 Å². The maximum absolute atomic E-state index is 12.2. The van der Waals surface area contributed by atoms with E-state index in [0.29, 0.717) is 5.13 Å². The Bertz CT molecular complexity index is 1010. The Morgan fingerprint density at radius 1 is 1.12 bits per heavy atom. The molecule has 1 aromatic heterocycles. The molecule has 0 bridgehead atoms. The SMILES string of the molecule is Cc1cc2nc(NC(=O)Cc3ccc(S(C)(=O)=O)cc3)sc2cc1C. The van der Waals surface area contributed by atoms with Crippen molar-refractivity contribution in [2.45, 2.75) is 25.2 Å². The minimum Gasteiger partial charge on any atom is -0.302 e. The van der Waals surface area contributed by atoms with Gasteiger partial charge in [-0.1, -0.05) is 23.5 Å². The predicted octanol–water partition coefficient (Wildman–Crippen LogP) is 3.50. The zero-order valence-corrected chi connectivity index (χ0v) is 15.8. The average molecular weight is 374 g/mol. The van der Waals surface area contributed by atoms with Crippen LogP contribution in [0.2, 0.25) is 0 Å². The molecular weight excluding hydrogens is 356 g/mol. The van der Waals surface area contributed by atoms with E-state index in [4.69, 9.17) is 0 Å². The van der Waals surface area contributed by atoms with E-state index in [2.05, 4.69) is 16.4 Å². The van der Waals surface area contributed by atoms with Crippen LogP contribution in [0.4, 0.5) is 5.13 Å². The van der Waals surface area contributed by atoms with Gasteiger partial charge in [0.1, 0.15) is 0 Å². The van der Waals surface area contributed by atoms with Crippen molar-refractivity contribution in [2.24, 2.45) is 0 Å². The number of hydrogen-bond acceptors (Lipinski definition) is 5. The van der Waals surface area contributed by atoms with Crippen LogP contribution in [0.25, 0.3) is 10.2 Å². The Labute approximate surface area is 150 Å². The Kier molecular flexibility index (Phi) is 4.62. The number of aryl methyl sites for hydroxylation is 2. The first-order valence-electron chi connectivity index (χ1n) is 7.69. The van der Waals surface area contributed by atoms with E-state index in [1.54, 1.807) is 12.1 Å². The van der Waals surface area contributed by atoms with E-state index in [9.17, 15) is 13.2 Å². The minimum atomic E-state index is -3.23. The van der Waals surface area contributed by atoms with Gasteiger partial charge in [0.05, 0.1) is 21.5 Å². The normalized spacial score (nSPS) is 11.6. The summed E-state index contributed by atoms with van der Waals surface area (Å²) >= 11 is 1.44. The molecule has 0 spiro atoms. The lowest BCUT2D eigenvalue weighted by Crippen LogP contribution is -2.14. The first-order valence-corrected chi connectivity index (χ1v) is 10.4. The van der Waals surface area contributed by atoms with Crippen molar-refractivity contribution in [1.82, 2.24) is 4.98 Å². The molecule has 3 aromatic rings. The van der Waals surface area contributed by atoms with Crippen LogP contribution in [0.3, 0.4) is 0 Å². The largest absolute Gasteiger partial charge is 0.302 e. The van der Waals surface area contributed by atoms with Crippen LogP contribution >= 0.6 is 11.3 Å². The van der Waals surface area contributed by atoms with Crippen molar-refractivity contribution >= 4 is 42.4 Å². The summed E-state index contributed by atoms with van der Waals surface area (Å²) in [5, 5.41) is 3.38. The number of carbonyl (C=O) groups is 1. The average Bonchev–Trinajstić information content (AvgIpc) is 2.88. The van der Waals surface area contributed by atoms with Gasteiger partial charge in [0, 0.05) is 6.26 Å². The third-order valence-corrected chi connectivity index (χ3v) is 6.03. The summed E-state index contributed by atoms with van der Waals surface area (Å²) in [4.78, 5) is 16.9. The second-order valence-corrected chi connectivity index (χ2v) is 9.11.